The Hall–Kier alpha value is -0.410. The number of thioether (sulfide) groups is 1. The third-order valence-electron chi connectivity index (χ3n) is 3.46. The Morgan fingerprint density at radius 2 is 2.36 bits per heavy atom. The zero-order valence-corrected chi connectivity index (χ0v) is 16.3. The zero-order valence-electron chi connectivity index (χ0n) is 13.2. The lowest BCUT2D eigenvalue weighted by molar-refractivity contribution is 0.0437. The Labute approximate surface area is 153 Å². The molecule has 1 saturated heterocycles. The number of aliphatic hydroxyl groups is 1. The minimum absolute atomic E-state index is 0. The third-order valence-corrected chi connectivity index (χ3v) is 4.86. The molecule has 2 unspecified atom stereocenters. The van der Waals surface area contributed by atoms with Crippen molar-refractivity contribution in [2.45, 2.75) is 37.5 Å². The number of aliphatic imine (C=N–C) groups is 1. The number of nitrogens with zero attached hydrogens (tertiary/aromatic N) is 1. The van der Waals surface area contributed by atoms with Crippen LogP contribution < -0.4 is 10.6 Å². The van der Waals surface area contributed by atoms with Gasteiger partial charge in [0.15, 0.2) is 5.96 Å². The monoisotopic (exact) mass is 439 g/mol. The summed E-state index contributed by atoms with van der Waals surface area (Å²) in [5, 5.41) is 17.6. The van der Waals surface area contributed by atoms with Crippen LogP contribution in [0.5, 0.6) is 0 Å². The van der Waals surface area contributed by atoms with E-state index in [-0.39, 0.29) is 30.5 Å². The van der Waals surface area contributed by atoms with Gasteiger partial charge >= 0.3 is 0 Å². The molecule has 0 saturated carbocycles. The van der Waals surface area contributed by atoms with E-state index in [1.807, 2.05) is 18.7 Å². The standard InChI is InChI=1S/C15H25N3O2S.HI/c1-3-16-14(17-10-12-6-5-9-21-12)18-11-15(2,19)13-7-4-8-20-13;/h4,7-8,12,19H,3,5-6,9-11H2,1-2H3,(H2,16,17,18);1H. The van der Waals surface area contributed by atoms with E-state index < -0.39 is 5.60 Å². The van der Waals surface area contributed by atoms with Gasteiger partial charge in [-0.05, 0) is 44.6 Å². The van der Waals surface area contributed by atoms with Crippen molar-refractivity contribution in [3.8, 4) is 0 Å². The van der Waals surface area contributed by atoms with E-state index >= 15 is 0 Å². The fourth-order valence-electron chi connectivity index (χ4n) is 2.25. The van der Waals surface area contributed by atoms with Gasteiger partial charge < -0.3 is 20.2 Å². The van der Waals surface area contributed by atoms with Gasteiger partial charge in [0.05, 0.1) is 12.8 Å². The summed E-state index contributed by atoms with van der Waals surface area (Å²) in [7, 11) is 0. The van der Waals surface area contributed by atoms with Gasteiger partial charge in [0.25, 0.3) is 0 Å². The molecule has 7 heteroatoms. The van der Waals surface area contributed by atoms with Crippen molar-refractivity contribution in [1.82, 2.24) is 10.6 Å². The Morgan fingerprint density at radius 1 is 1.55 bits per heavy atom. The molecule has 0 bridgehead atoms. The van der Waals surface area contributed by atoms with Gasteiger partial charge in [-0.2, -0.15) is 11.8 Å². The molecule has 0 radical (unpaired) electrons. The average molecular weight is 439 g/mol. The second-order valence-corrected chi connectivity index (χ2v) is 6.87. The highest BCUT2D eigenvalue weighted by Gasteiger charge is 2.26. The normalized spacial score (nSPS) is 21.0. The van der Waals surface area contributed by atoms with Crippen LogP contribution in [0.15, 0.2) is 27.8 Å². The van der Waals surface area contributed by atoms with Gasteiger partial charge in [-0.1, -0.05) is 0 Å². The summed E-state index contributed by atoms with van der Waals surface area (Å²) in [5.74, 6) is 2.54. The lowest BCUT2D eigenvalue weighted by atomic mass is 10.0. The van der Waals surface area contributed by atoms with E-state index in [0.29, 0.717) is 11.0 Å². The van der Waals surface area contributed by atoms with E-state index in [2.05, 4.69) is 15.6 Å². The van der Waals surface area contributed by atoms with Crippen LogP contribution in [0.3, 0.4) is 0 Å². The fourth-order valence-corrected chi connectivity index (χ4v) is 3.45. The van der Waals surface area contributed by atoms with Crippen LogP contribution in [0.25, 0.3) is 0 Å². The number of guanidine groups is 1. The highest BCUT2D eigenvalue weighted by molar-refractivity contribution is 14.0. The number of halogens is 1. The molecular formula is C15H26IN3O2S. The molecule has 0 amide bonds. The first-order valence-electron chi connectivity index (χ1n) is 7.52. The molecule has 126 valence electrons. The maximum Gasteiger partial charge on any atom is 0.191 e. The highest BCUT2D eigenvalue weighted by Crippen LogP contribution is 2.25. The van der Waals surface area contributed by atoms with E-state index in [1.165, 1.54) is 18.6 Å². The summed E-state index contributed by atoms with van der Waals surface area (Å²) in [5.41, 5.74) is -1.09. The summed E-state index contributed by atoms with van der Waals surface area (Å²) in [4.78, 5) is 4.48. The molecule has 22 heavy (non-hydrogen) atoms. The second-order valence-electron chi connectivity index (χ2n) is 5.46. The summed E-state index contributed by atoms with van der Waals surface area (Å²) in [6.07, 6.45) is 4.13. The van der Waals surface area contributed by atoms with Crippen LogP contribution >= 0.6 is 35.7 Å². The minimum atomic E-state index is -1.09. The molecule has 1 aromatic heterocycles. The predicted molar refractivity (Wildman–Crippen MR) is 103 cm³/mol. The van der Waals surface area contributed by atoms with Crippen molar-refractivity contribution < 1.29 is 9.52 Å². The van der Waals surface area contributed by atoms with E-state index in [4.69, 9.17) is 4.42 Å². The third kappa shape index (κ3) is 6.00. The molecule has 0 spiro atoms. The molecule has 1 aliphatic rings. The molecule has 2 atom stereocenters. The smallest absolute Gasteiger partial charge is 0.191 e. The maximum absolute atomic E-state index is 10.4. The van der Waals surface area contributed by atoms with Gasteiger partial charge in [-0.15, -0.1) is 24.0 Å². The lowest BCUT2D eigenvalue weighted by Gasteiger charge is -2.20. The molecule has 1 aromatic rings. The number of hydrogen-bond acceptors (Lipinski definition) is 4. The van der Waals surface area contributed by atoms with Gasteiger partial charge in [-0.3, -0.25) is 0 Å². The van der Waals surface area contributed by atoms with Crippen molar-refractivity contribution in [2.24, 2.45) is 4.99 Å². The fraction of sp³-hybridized carbons (Fsp3) is 0.667. The molecule has 3 N–H and O–H groups in total. The van der Waals surface area contributed by atoms with Crippen molar-refractivity contribution in [3.63, 3.8) is 0 Å². The van der Waals surface area contributed by atoms with Gasteiger partial charge in [0.2, 0.25) is 0 Å². The number of nitrogens with one attached hydrogen (secondary N) is 2. The Bertz CT molecular complexity index is 446. The van der Waals surface area contributed by atoms with Crippen LogP contribution in [-0.4, -0.2) is 41.7 Å². The number of hydrogen-bond donors (Lipinski definition) is 3. The van der Waals surface area contributed by atoms with Crippen LogP contribution in [0.1, 0.15) is 32.4 Å². The molecule has 1 fully saturated rings. The van der Waals surface area contributed by atoms with Crippen molar-refractivity contribution in [1.29, 1.82) is 0 Å². The lowest BCUT2D eigenvalue weighted by Crippen LogP contribution is -2.41. The first kappa shape index (κ1) is 19.6. The minimum Gasteiger partial charge on any atom is -0.466 e. The van der Waals surface area contributed by atoms with Gasteiger partial charge in [0.1, 0.15) is 11.4 Å². The Balaban J connectivity index is 0.00000242. The first-order valence-corrected chi connectivity index (χ1v) is 8.57. The maximum atomic E-state index is 10.4. The molecule has 5 nitrogen and oxygen atoms in total. The van der Waals surface area contributed by atoms with Gasteiger partial charge in [-0.25, -0.2) is 4.99 Å². The second kappa shape index (κ2) is 9.67. The molecule has 2 rings (SSSR count). The Morgan fingerprint density at radius 3 is 2.95 bits per heavy atom. The summed E-state index contributed by atoms with van der Waals surface area (Å²) in [6.45, 7) is 5.72. The molecule has 0 aliphatic carbocycles. The van der Waals surface area contributed by atoms with E-state index in [1.54, 1.807) is 25.3 Å². The molecule has 1 aliphatic heterocycles. The topological polar surface area (TPSA) is 69.8 Å². The van der Waals surface area contributed by atoms with Crippen molar-refractivity contribution in [2.75, 3.05) is 25.4 Å². The largest absolute Gasteiger partial charge is 0.466 e. The van der Waals surface area contributed by atoms with E-state index in [9.17, 15) is 5.11 Å². The van der Waals surface area contributed by atoms with Crippen LogP contribution in [-0.2, 0) is 5.60 Å². The highest BCUT2D eigenvalue weighted by atomic mass is 127. The SMILES string of the molecule is CCNC(=NCC(C)(O)c1ccco1)NCC1CCCS1.I. The Kier molecular flexibility index (Phi) is 8.63. The first-order chi connectivity index (χ1) is 10.1. The van der Waals surface area contributed by atoms with Crippen molar-refractivity contribution >= 4 is 41.7 Å². The van der Waals surface area contributed by atoms with E-state index in [0.717, 1.165) is 19.0 Å². The molecular weight excluding hydrogens is 413 g/mol. The zero-order chi connectivity index (χ0) is 15.1. The summed E-state index contributed by atoms with van der Waals surface area (Å²) in [6, 6.07) is 3.54. The van der Waals surface area contributed by atoms with Crippen LogP contribution in [0.2, 0.25) is 0 Å². The number of furan rings is 1. The average Bonchev–Trinajstić information content (AvgIpc) is 3.14. The van der Waals surface area contributed by atoms with Crippen LogP contribution in [0, 0.1) is 0 Å². The molecule has 0 aromatic carbocycles. The predicted octanol–water partition coefficient (Wildman–Crippen LogP) is 2.56. The molecule has 2 heterocycles. The quantitative estimate of drug-likeness (QED) is 0.361. The number of rotatable bonds is 6. The van der Waals surface area contributed by atoms with Gasteiger partial charge in [0, 0.05) is 18.3 Å². The van der Waals surface area contributed by atoms with Crippen molar-refractivity contribution in [3.05, 3.63) is 24.2 Å². The summed E-state index contributed by atoms with van der Waals surface area (Å²) < 4.78 is 5.27. The summed E-state index contributed by atoms with van der Waals surface area (Å²) >= 11 is 2.01. The van der Waals surface area contributed by atoms with Crippen LogP contribution in [0.4, 0.5) is 0 Å².